The van der Waals surface area contributed by atoms with Crippen LogP contribution >= 0.6 is 0 Å². The topological polar surface area (TPSA) is 592 Å². The lowest BCUT2D eigenvalue weighted by Gasteiger charge is -2.19. The smallest absolute Gasteiger partial charge is 0.231 e. The minimum Gasteiger partial charge on any atom is -0.368 e. The van der Waals surface area contributed by atoms with E-state index < -0.39 is 0 Å². The molecule has 8 heterocycles. The number of anilines is 20. The minimum absolute atomic E-state index is 0.249. The van der Waals surface area contributed by atoms with E-state index in [2.05, 4.69) is 182 Å². The molecule has 0 amide bonds. The number of nitrogen functional groups attached to an aromatic ring is 8. The number of aromatic nitrogens is 24. The van der Waals surface area contributed by atoms with Gasteiger partial charge in [0.2, 0.25) is 119 Å². The third-order valence-electron chi connectivity index (χ3n) is 14.3. The lowest BCUT2D eigenvalue weighted by molar-refractivity contribution is 0.695. The van der Waals surface area contributed by atoms with Gasteiger partial charge in [-0.15, -0.1) is 0 Å². The Morgan fingerprint density at radius 2 is 0.482 bits per heavy atom. The molecule has 0 saturated heterocycles. The quantitative estimate of drug-likeness (QED) is 0.0236. The molecule has 0 saturated carbocycles. The van der Waals surface area contributed by atoms with Gasteiger partial charge >= 0.3 is 0 Å². The Kier molecular flexibility index (Phi) is 47.8. The van der Waals surface area contributed by atoms with Gasteiger partial charge in [-0.05, 0) is 80.1 Å². The molecule has 44 heteroatoms. The van der Waals surface area contributed by atoms with Gasteiger partial charge < -0.3 is 106 Å². The van der Waals surface area contributed by atoms with Crippen LogP contribution in [-0.4, -0.2) is 257 Å². The summed E-state index contributed by atoms with van der Waals surface area (Å²) in [6.45, 7) is 31.0. The summed E-state index contributed by atoms with van der Waals surface area (Å²) in [6.07, 6.45) is 13.7. The van der Waals surface area contributed by atoms with Gasteiger partial charge in [-0.2, -0.15) is 120 Å². The van der Waals surface area contributed by atoms with Gasteiger partial charge in [0.1, 0.15) is 23.3 Å². The molecule has 112 heavy (non-hydrogen) atoms. The maximum atomic E-state index is 5.67. The number of aryl methyl sites for hydroxylation is 4. The van der Waals surface area contributed by atoms with Gasteiger partial charge in [0, 0.05) is 137 Å². The molecule has 0 bridgehead atoms. The Hall–Kier alpha value is -11.9. The van der Waals surface area contributed by atoms with Crippen LogP contribution in [0.4, 0.5) is 119 Å². The highest BCUT2D eigenvalue weighted by atomic mass is 15.4. The van der Waals surface area contributed by atoms with Crippen molar-refractivity contribution in [3.8, 4) is 0 Å². The first-order valence-electron chi connectivity index (χ1n) is 37.5. The monoisotopic (exact) mass is 1570 g/mol. The second-order valence-electron chi connectivity index (χ2n) is 25.7. The first-order chi connectivity index (χ1) is 53.0. The zero-order valence-corrected chi connectivity index (χ0v) is 71.1. The zero-order chi connectivity index (χ0) is 84.4. The van der Waals surface area contributed by atoms with Crippen molar-refractivity contribution in [1.82, 2.24) is 120 Å². The average Bonchev–Trinajstić information content (AvgIpc) is 0.860. The Bertz CT molecular complexity index is 3780. The fourth-order valence-electron chi connectivity index (χ4n) is 8.40. The summed E-state index contributed by atoms with van der Waals surface area (Å²) in [7, 11) is 22.8. The van der Waals surface area contributed by atoms with Crippen molar-refractivity contribution >= 4 is 119 Å². The summed E-state index contributed by atoms with van der Waals surface area (Å²) in [5.41, 5.74) is 44.3. The van der Waals surface area contributed by atoms with Gasteiger partial charge in [-0.3, -0.25) is 0 Å². The average molecular weight is 1570 g/mol. The largest absolute Gasteiger partial charge is 0.368 e. The van der Waals surface area contributed by atoms with Crippen LogP contribution < -0.4 is 106 Å². The van der Waals surface area contributed by atoms with Gasteiger partial charge in [-0.1, -0.05) is 80.1 Å². The number of nitrogens with two attached hydrogens (primary N) is 8. The molecule has 20 N–H and O–H groups in total. The molecule has 0 unspecified atom stereocenters. The van der Waals surface area contributed by atoms with Crippen molar-refractivity contribution in [2.45, 2.75) is 160 Å². The Morgan fingerprint density at radius 3 is 0.759 bits per heavy atom. The van der Waals surface area contributed by atoms with Crippen LogP contribution in [0.2, 0.25) is 0 Å². The number of nitrogens with one attached hydrogen (secondary N) is 4. The van der Waals surface area contributed by atoms with Crippen LogP contribution in [-0.2, 0) is 0 Å². The van der Waals surface area contributed by atoms with Crippen molar-refractivity contribution < 1.29 is 0 Å². The van der Waals surface area contributed by atoms with E-state index in [1.807, 2.05) is 128 Å². The number of rotatable bonds is 32. The molecule has 0 spiro atoms. The molecule has 624 valence electrons. The highest BCUT2D eigenvalue weighted by Gasteiger charge is 2.14. The maximum Gasteiger partial charge on any atom is 0.231 e. The summed E-state index contributed by atoms with van der Waals surface area (Å²) in [5.74, 6) is 11.7. The molecule has 8 rings (SSSR count). The lowest BCUT2D eigenvalue weighted by atomic mass is 10.2. The van der Waals surface area contributed by atoms with Crippen LogP contribution in [0.15, 0.2) is 0 Å². The number of nitrogens with zero attached hydrogens (tertiary/aromatic N) is 32. The van der Waals surface area contributed by atoms with Gasteiger partial charge in [0.15, 0.2) is 0 Å². The molecule has 0 atom stereocenters. The zero-order valence-electron chi connectivity index (χ0n) is 71.1. The number of hydrogen-bond donors (Lipinski definition) is 12. The second-order valence-corrected chi connectivity index (χ2v) is 25.7. The molecule has 44 nitrogen and oxygen atoms in total. The third kappa shape index (κ3) is 42.2. The molecule has 0 aliphatic rings. The van der Waals surface area contributed by atoms with Crippen molar-refractivity contribution in [3.05, 3.63) is 23.3 Å². The predicted octanol–water partition coefficient (Wildman–Crippen LogP) is 5.36. The second kappa shape index (κ2) is 54.6. The van der Waals surface area contributed by atoms with Gasteiger partial charge in [0.05, 0.1) is 0 Å². The minimum atomic E-state index is 0.249. The van der Waals surface area contributed by atoms with E-state index >= 15 is 0 Å². The van der Waals surface area contributed by atoms with E-state index in [-0.39, 0.29) is 47.6 Å². The highest BCUT2D eigenvalue weighted by molar-refractivity contribution is 5.46. The van der Waals surface area contributed by atoms with Crippen molar-refractivity contribution in [2.24, 2.45) is 0 Å². The first kappa shape index (κ1) is 98.1. The molecule has 8 aromatic heterocycles. The van der Waals surface area contributed by atoms with E-state index in [9.17, 15) is 0 Å². The predicted molar refractivity (Wildman–Crippen MR) is 458 cm³/mol. The normalized spacial score (nSPS) is 10.1. The van der Waals surface area contributed by atoms with Crippen LogP contribution in [0, 0.1) is 27.7 Å². The number of hydrogen-bond acceptors (Lipinski definition) is 44. The molecule has 8 aromatic rings. The molecular formula is C68H132N44. The van der Waals surface area contributed by atoms with E-state index in [1.54, 1.807) is 37.5 Å². The summed E-state index contributed by atoms with van der Waals surface area (Å²) >= 11 is 0. The van der Waals surface area contributed by atoms with Crippen molar-refractivity contribution in [2.75, 3.05) is 243 Å². The first-order valence-corrected chi connectivity index (χ1v) is 37.5. The van der Waals surface area contributed by atoms with Crippen LogP contribution in [0.25, 0.3) is 0 Å². The Balaban J connectivity index is 0.000000642. The Labute approximate surface area is 662 Å². The van der Waals surface area contributed by atoms with Gasteiger partial charge in [-0.25, -0.2) is 0 Å². The summed E-state index contributed by atoms with van der Waals surface area (Å²) in [5, 5.41) is 12.2. The van der Waals surface area contributed by atoms with Crippen molar-refractivity contribution in [3.63, 3.8) is 0 Å². The molecule has 0 radical (unpaired) electrons. The molecule has 0 aromatic carbocycles. The van der Waals surface area contributed by atoms with Crippen LogP contribution in [0.5, 0.6) is 0 Å². The fourth-order valence-corrected chi connectivity index (χ4v) is 8.40. The van der Waals surface area contributed by atoms with E-state index in [4.69, 9.17) is 45.9 Å². The SMILES string of the molecule is CCCCCN(C)c1nc(N)nc(N(C)C)n1.CCCCCNc1nc(C)nc(N)n1.CCCCN(C)c1nc(N)nc(N(C)C)n1.CCCCNc1nc(C)nc(N)n1.CCCN(C)c1nc(N)nc(N(C)C)n1.CCCNc1nc(C)nc(N)n1.CCN(C)c1nc(N)nc(N(C)C)n1.CCNc1nc(C)nc(N)n1. The van der Waals surface area contributed by atoms with E-state index in [0.29, 0.717) is 94.7 Å². The van der Waals surface area contributed by atoms with Gasteiger partial charge in [0.25, 0.3) is 0 Å². The summed E-state index contributed by atoms with van der Waals surface area (Å²) in [4.78, 5) is 112. The van der Waals surface area contributed by atoms with Crippen LogP contribution in [0.1, 0.15) is 156 Å². The van der Waals surface area contributed by atoms with E-state index in [1.165, 1.54) is 25.7 Å². The summed E-state index contributed by atoms with van der Waals surface area (Å²) in [6, 6.07) is 0. The van der Waals surface area contributed by atoms with E-state index in [0.717, 1.165) is 104 Å². The third-order valence-corrected chi connectivity index (χ3v) is 14.3. The van der Waals surface area contributed by atoms with Crippen molar-refractivity contribution in [1.29, 1.82) is 0 Å². The highest BCUT2D eigenvalue weighted by Crippen LogP contribution is 2.17. The lowest BCUT2D eigenvalue weighted by Crippen LogP contribution is -2.24. The molecular weight excluding hydrogens is 1430 g/mol. The molecule has 0 aliphatic heterocycles. The molecule has 0 aliphatic carbocycles. The summed E-state index contributed by atoms with van der Waals surface area (Å²) < 4.78 is 0. The van der Waals surface area contributed by atoms with Crippen LogP contribution in [0.3, 0.4) is 0 Å². The molecule has 0 fully saturated rings. The Morgan fingerprint density at radius 1 is 0.223 bits per heavy atom. The number of unbranched alkanes of at least 4 members (excludes halogenated alkanes) is 6. The maximum absolute atomic E-state index is 5.67. The standard InChI is InChI=1S/C11H22N6.C10H20N6.C9H18N6.C9H17N5.C8H16N6.C8H15N5.C7H13N5.C6H11N5/c1-5-6-7-8-17(4)11-14-9(12)13-10(15-11)16(2)3;1-5-6-7-16(4)10-13-8(11)12-9(14-10)15(2)3;1-5-6-15(4)9-12-7(10)11-8(13-9)14(2)3;1-3-4-5-6-11-9-13-7(2)12-8(10)14-9;1-5-14(4)8-11-6(9)10-7(12-8)13(2)3;1-3-4-5-10-8-12-6(2)11-7(9)13-8;1-3-4-9-7-11-5(2)10-6(8)12-7;1-3-8-6-10-4(2)9-5(7)11-6/h5-8H2,1-4H3,(H2,12,13,14,15);5-7H2,1-4H3,(H2,11,12,13,14);5-6H2,1-4H3,(H2,10,11,12,13);3-6H2,1-2H3,(H3,10,11,12,13,14);5H2,1-4H3,(H2,9,10,11,12);3-5H2,1-2H3,(H3,9,10,11,12,13);3-4H2,1-2H3,(H3,8,9,10,11,12);3H2,1-2H3,(H3,7,8,9,10,11). The fraction of sp³-hybridized carbons (Fsp3) is 0.647.